The highest BCUT2D eigenvalue weighted by atomic mass is 32.2. The molecular weight excluding hydrogens is 216 g/mol. The molecule has 0 amide bonds. The van der Waals surface area contributed by atoms with E-state index in [9.17, 15) is 0 Å². The molecule has 3 heteroatoms. The van der Waals surface area contributed by atoms with Gasteiger partial charge in [0, 0.05) is 16.2 Å². The first kappa shape index (κ1) is 9.60. The molecule has 0 bridgehead atoms. The summed E-state index contributed by atoms with van der Waals surface area (Å²) in [7, 11) is 0. The van der Waals surface area contributed by atoms with E-state index in [0.29, 0.717) is 5.69 Å². The molecule has 0 saturated heterocycles. The topological polar surface area (TPSA) is 52.0 Å². The van der Waals surface area contributed by atoms with Crippen molar-refractivity contribution in [1.29, 1.82) is 0 Å². The second-order valence-electron chi connectivity index (χ2n) is 3.93. The number of fused-ring (bicyclic) bond motifs is 2. The lowest BCUT2D eigenvalue weighted by molar-refractivity contribution is 1.06. The Labute approximate surface area is 98.7 Å². The van der Waals surface area contributed by atoms with Gasteiger partial charge in [-0.1, -0.05) is 30.0 Å². The molecule has 4 N–H and O–H groups in total. The Morgan fingerprint density at radius 3 is 2.62 bits per heavy atom. The molecular formula is C13H12N2S. The molecule has 0 radical (unpaired) electrons. The predicted molar refractivity (Wildman–Crippen MR) is 68.6 cm³/mol. The van der Waals surface area contributed by atoms with Crippen LogP contribution in [0.15, 0.2) is 46.2 Å². The molecule has 0 atom stereocenters. The molecule has 0 aliphatic carbocycles. The van der Waals surface area contributed by atoms with Gasteiger partial charge in [0.1, 0.15) is 0 Å². The van der Waals surface area contributed by atoms with Gasteiger partial charge in [0.2, 0.25) is 0 Å². The summed E-state index contributed by atoms with van der Waals surface area (Å²) in [5.74, 6) is 0. The molecule has 2 nitrogen and oxygen atoms in total. The minimum Gasteiger partial charge on any atom is -0.397 e. The van der Waals surface area contributed by atoms with Crippen molar-refractivity contribution in [2.45, 2.75) is 16.2 Å². The van der Waals surface area contributed by atoms with E-state index < -0.39 is 0 Å². The maximum atomic E-state index is 6.02. The lowest BCUT2D eigenvalue weighted by Crippen LogP contribution is -2.06. The zero-order valence-electron chi connectivity index (χ0n) is 8.73. The zero-order chi connectivity index (χ0) is 11.1. The van der Waals surface area contributed by atoms with Crippen molar-refractivity contribution in [1.82, 2.24) is 0 Å². The van der Waals surface area contributed by atoms with Gasteiger partial charge in [0.15, 0.2) is 0 Å². The minimum atomic E-state index is 0.679. The fourth-order valence-corrected chi connectivity index (χ4v) is 3.10. The molecule has 0 fully saturated rings. The molecule has 1 aliphatic rings. The summed E-state index contributed by atoms with van der Waals surface area (Å²) < 4.78 is 0. The molecule has 2 aromatic carbocycles. The number of nitrogens with two attached hydrogens (primary N) is 2. The van der Waals surface area contributed by atoms with Crippen molar-refractivity contribution in [3.05, 3.63) is 47.5 Å². The van der Waals surface area contributed by atoms with Crippen molar-refractivity contribution in [2.75, 3.05) is 11.5 Å². The van der Waals surface area contributed by atoms with Gasteiger partial charge >= 0.3 is 0 Å². The largest absolute Gasteiger partial charge is 0.397 e. The van der Waals surface area contributed by atoms with Crippen molar-refractivity contribution >= 4 is 23.1 Å². The summed E-state index contributed by atoms with van der Waals surface area (Å²) in [6.07, 6.45) is 0.884. The lowest BCUT2D eigenvalue weighted by atomic mass is 10.0. The zero-order valence-corrected chi connectivity index (χ0v) is 9.55. The Bertz CT molecular complexity index is 564. The summed E-state index contributed by atoms with van der Waals surface area (Å²) in [5, 5.41) is 0. The van der Waals surface area contributed by atoms with Crippen molar-refractivity contribution in [2.24, 2.45) is 0 Å². The van der Waals surface area contributed by atoms with Crippen LogP contribution in [0.3, 0.4) is 0 Å². The molecule has 0 unspecified atom stereocenters. The van der Waals surface area contributed by atoms with Gasteiger partial charge in [0.25, 0.3) is 0 Å². The minimum absolute atomic E-state index is 0.679. The maximum Gasteiger partial charge on any atom is 0.0595 e. The third-order valence-corrected chi connectivity index (χ3v) is 4.13. The predicted octanol–water partition coefficient (Wildman–Crippen LogP) is 2.91. The summed E-state index contributed by atoms with van der Waals surface area (Å²) in [6, 6.07) is 12.4. The van der Waals surface area contributed by atoms with E-state index in [1.807, 2.05) is 6.07 Å². The second kappa shape index (κ2) is 3.46. The molecule has 3 rings (SSSR count). The van der Waals surface area contributed by atoms with Crippen LogP contribution in [-0.2, 0) is 6.42 Å². The number of rotatable bonds is 0. The van der Waals surface area contributed by atoms with Crippen molar-refractivity contribution in [3.63, 3.8) is 0 Å². The van der Waals surface area contributed by atoms with Crippen LogP contribution >= 0.6 is 11.8 Å². The fourth-order valence-electron chi connectivity index (χ4n) is 2.00. The molecule has 1 aliphatic heterocycles. The normalized spacial score (nSPS) is 13.0. The molecule has 2 aromatic rings. The van der Waals surface area contributed by atoms with Crippen LogP contribution in [0.1, 0.15) is 11.1 Å². The monoisotopic (exact) mass is 228 g/mol. The van der Waals surface area contributed by atoms with E-state index in [0.717, 1.165) is 12.1 Å². The first-order valence-electron chi connectivity index (χ1n) is 5.18. The van der Waals surface area contributed by atoms with Crippen LogP contribution in [0.2, 0.25) is 0 Å². The van der Waals surface area contributed by atoms with Crippen LogP contribution in [-0.4, -0.2) is 0 Å². The summed E-state index contributed by atoms with van der Waals surface area (Å²) in [4.78, 5) is 2.55. The SMILES string of the molecule is Nc1ccc2c(c1N)Cc1ccccc1S2. The van der Waals surface area contributed by atoms with Crippen molar-refractivity contribution < 1.29 is 0 Å². The van der Waals surface area contributed by atoms with E-state index >= 15 is 0 Å². The van der Waals surface area contributed by atoms with E-state index in [1.165, 1.54) is 20.9 Å². The average Bonchev–Trinajstić information content (AvgIpc) is 2.32. The summed E-state index contributed by atoms with van der Waals surface area (Å²) in [5.41, 5.74) is 15.8. The Balaban J connectivity index is 2.16. The molecule has 1 heterocycles. The first-order valence-corrected chi connectivity index (χ1v) is 6.00. The molecule has 0 saturated carbocycles. The van der Waals surface area contributed by atoms with Gasteiger partial charge in [-0.2, -0.15) is 0 Å². The molecule has 16 heavy (non-hydrogen) atoms. The van der Waals surface area contributed by atoms with Crippen LogP contribution in [0, 0.1) is 0 Å². The third kappa shape index (κ3) is 1.36. The van der Waals surface area contributed by atoms with Gasteiger partial charge < -0.3 is 11.5 Å². The van der Waals surface area contributed by atoms with E-state index in [1.54, 1.807) is 11.8 Å². The quantitative estimate of drug-likeness (QED) is 0.582. The first-order chi connectivity index (χ1) is 7.75. The number of benzene rings is 2. The third-order valence-electron chi connectivity index (χ3n) is 2.91. The van der Waals surface area contributed by atoms with Gasteiger partial charge in [-0.05, 0) is 29.3 Å². The Hall–Kier alpha value is -1.61. The molecule has 0 aromatic heterocycles. The maximum absolute atomic E-state index is 6.02. The number of hydrogen-bond acceptors (Lipinski definition) is 3. The van der Waals surface area contributed by atoms with Gasteiger partial charge in [0.05, 0.1) is 11.4 Å². The van der Waals surface area contributed by atoms with Crippen LogP contribution < -0.4 is 11.5 Å². The van der Waals surface area contributed by atoms with E-state index in [4.69, 9.17) is 11.5 Å². The summed E-state index contributed by atoms with van der Waals surface area (Å²) >= 11 is 1.77. The Morgan fingerprint density at radius 2 is 1.75 bits per heavy atom. The Kier molecular flexibility index (Phi) is 2.07. The number of anilines is 2. The second-order valence-corrected chi connectivity index (χ2v) is 5.02. The van der Waals surface area contributed by atoms with E-state index in [2.05, 4.69) is 30.3 Å². The van der Waals surface area contributed by atoms with Crippen LogP contribution in [0.25, 0.3) is 0 Å². The standard InChI is InChI=1S/C13H12N2S/c14-10-5-6-12-9(13(10)15)7-8-3-1-2-4-11(8)16-12/h1-6H,7,14-15H2. The lowest BCUT2D eigenvalue weighted by Gasteiger charge is -2.21. The van der Waals surface area contributed by atoms with E-state index in [-0.39, 0.29) is 0 Å². The highest BCUT2D eigenvalue weighted by Gasteiger charge is 2.18. The Morgan fingerprint density at radius 1 is 0.938 bits per heavy atom. The van der Waals surface area contributed by atoms with Gasteiger partial charge in [-0.3, -0.25) is 0 Å². The van der Waals surface area contributed by atoms with Crippen molar-refractivity contribution in [3.8, 4) is 0 Å². The van der Waals surface area contributed by atoms with Crippen LogP contribution in [0.4, 0.5) is 11.4 Å². The number of hydrogen-bond donors (Lipinski definition) is 2. The van der Waals surface area contributed by atoms with Gasteiger partial charge in [-0.15, -0.1) is 0 Å². The summed E-state index contributed by atoms with van der Waals surface area (Å²) in [6.45, 7) is 0. The number of nitrogen functional groups attached to an aromatic ring is 2. The highest BCUT2D eigenvalue weighted by Crippen LogP contribution is 2.42. The fraction of sp³-hybridized carbons (Fsp3) is 0.0769. The molecule has 80 valence electrons. The van der Waals surface area contributed by atoms with Gasteiger partial charge in [-0.25, -0.2) is 0 Å². The smallest absolute Gasteiger partial charge is 0.0595 e. The molecule has 0 spiro atoms. The van der Waals surface area contributed by atoms with Crippen LogP contribution in [0.5, 0.6) is 0 Å². The average molecular weight is 228 g/mol. The highest BCUT2D eigenvalue weighted by molar-refractivity contribution is 7.99.